The summed E-state index contributed by atoms with van der Waals surface area (Å²) in [5.74, 6) is -2.32. The summed E-state index contributed by atoms with van der Waals surface area (Å²) < 4.78 is 27.4. The summed E-state index contributed by atoms with van der Waals surface area (Å²) in [6.07, 6.45) is 1.65. The molecular formula is C13H19NO6S. The fraction of sp³-hybridized carbons (Fsp3) is 0.538. The van der Waals surface area contributed by atoms with Crippen molar-refractivity contribution in [1.29, 1.82) is 0 Å². The van der Waals surface area contributed by atoms with Crippen molar-refractivity contribution in [2.75, 3.05) is 6.26 Å². The van der Waals surface area contributed by atoms with Crippen molar-refractivity contribution in [3.63, 3.8) is 0 Å². The van der Waals surface area contributed by atoms with Crippen LogP contribution >= 0.6 is 0 Å². The molecule has 0 radical (unpaired) electrons. The highest BCUT2D eigenvalue weighted by Gasteiger charge is 2.27. The van der Waals surface area contributed by atoms with Crippen LogP contribution in [0, 0.1) is 5.92 Å². The maximum absolute atomic E-state index is 11.9. The molecule has 1 aromatic heterocycles. The highest BCUT2D eigenvalue weighted by atomic mass is 32.2. The number of carbonyl (C=O) groups is 2. The first-order chi connectivity index (χ1) is 9.64. The number of sulfone groups is 1. The lowest BCUT2D eigenvalue weighted by Gasteiger charge is -2.19. The average Bonchev–Trinajstić information content (AvgIpc) is 2.80. The van der Waals surface area contributed by atoms with Gasteiger partial charge in [0, 0.05) is 6.26 Å². The Morgan fingerprint density at radius 1 is 1.38 bits per heavy atom. The zero-order chi connectivity index (χ0) is 16.2. The van der Waals surface area contributed by atoms with Gasteiger partial charge >= 0.3 is 5.97 Å². The minimum atomic E-state index is -3.26. The fourth-order valence-electron chi connectivity index (χ4n) is 1.73. The second-order valence-electron chi connectivity index (χ2n) is 5.01. The van der Waals surface area contributed by atoms with Crippen molar-refractivity contribution in [1.82, 2.24) is 5.32 Å². The van der Waals surface area contributed by atoms with E-state index in [-0.39, 0.29) is 23.2 Å². The Kier molecular flexibility index (Phi) is 5.54. The SMILES string of the molecule is CC[C@H](C)[C@H](NC(=O)c1ccc(CS(C)(=O)=O)o1)C(=O)O. The first-order valence-corrected chi connectivity index (χ1v) is 8.50. The number of rotatable bonds is 7. The van der Waals surface area contributed by atoms with Crippen molar-refractivity contribution >= 4 is 21.7 Å². The highest BCUT2D eigenvalue weighted by Crippen LogP contribution is 2.13. The summed E-state index contributed by atoms with van der Waals surface area (Å²) in [4.78, 5) is 23.1. The van der Waals surface area contributed by atoms with Crippen LogP contribution in [0.2, 0.25) is 0 Å². The van der Waals surface area contributed by atoms with Crippen LogP contribution in [0.1, 0.15) is 36.6 Å². The van der Waals surface area contributed by atoms with Gasteiger partial charge in [-0.25, -0.2) is 13.2 Å². The molecule has 0 bridgehead atoms. The molecule has 1 heterocycles. The summed E-state index contributed by atoms with van der Waals surface area (Å²) in [7, 11) is -3.26. The van der Waals surface area contributed by atoms with E-state index in [4.69, 9.17) is 9.52 Å². The summed E-state index contributed by atoms with van der Waals surface area (Å²) in [6, 6.07) is 1.69. The molecule has 0 fully saturated rings. The number of amides is 1. The van der Waals surface area contributed by atoms with E-state index in [0.29, 0.717) is 6.42 Å². The summed E-state index contributed by atoms with van der Waals surface area (Å²) in [5.41, 5.74) is 0. The number of nitrogens with one attached hydrogen (secondary N) is 1. The van der Waals surface area contributed by atoms with Crippen LogP contribution in [0.15, 0.2) is 16.5 Å². The molecule has 7 nitrogen and oxygen atoms in total. The zero-order valence-corrected chi connectivity index (χ0v) is 12.9. The number of aliphatic carboxylic acids is 1. The van der Waals surface area contributed by atoms with Crippen molar-refractivity contribution in [2.24, 2.45) is 5.92 Å². The minimum absolute atomic E-state index is 0.108. The van der Waals surface area contributed by atoms with Gasteiger partial charge in [0.2, 0.25) is 0 Å². The number of carbonyl (C=O) groups excluding carboxylic acids is 1. The lowest BCUT2D eigenvalue weighted by Crippen LogP contribution is -2.44. The van der Waals surface area contributed by atoms with Crippen LogP contribution in [0.5, 0.6) is 0 Å². The van der Waals surface area contributed by atoms with E-state index in [1.165, 1.54) is 12.1 Å². The maximum atomic E-state index is 11.9. The summed E-state index contributed by atoms with van der Waals surface area (Å²) in [5, 5.41) is 11.5. The number of hydrogen-bond donors (Lipinski definition) is 2. The third-order valence-corrected chi connectivity index (χ3v) is 3.86. The van der Waals surface area contributed by atoms with E-state index in [1.807, 2.05) is 6.92 Å². The molecule has 0 saturated carbocycles. The average molecular weight is 317 g/mol. The minimum Gasteiger partial charge on any atom is -0.480 e. The molecule has 2 N–H and O–H groups in total. The molecule has 0 aliphatic heterocycles. The lowest BCUT2D eigenvalue weighted by molar-refractivity contribution is -0.140. The van der Waals surface area contributed by atoms with Crippen LogP contribution < -0.4 is 5.32 Å². The van der Waals surface area contributed by atoms with E-state index in [0.717, 1.165) is 6.26 Å². The standard InChI is InChI=1S/C13H19NO6S/c1-4-8(2)11(13(16)17)14-12(15)10-6-5-9(20-10)7-21(3,18)19/h5-6,8,11H,4,7H2,1-3H3,(H,14,15)(H,16,17)/t8-,11-/m0/s1. The lowest BCUT2D eigenvalue weighted by atomic mass is 9.99. The molecule has 1 amide bonds. The van der Waals surface area contributed by atoms with Crippen LogP contribution in [0.3, 0.4) is 0 Å². The number of carboxylic acid groups (broad SMARTS) is 1. The molecule has 118 valence electrons. The second-order valence-corrected chi connectivity index (χ2v) is 7.15. The summed E-state index contributed by atoms with van der Waals surface area (Å²) in [6.45, 7) is 3.54. The van der Waals surface area contributed by atoms with Gasteiger partial charge < -0.3 is 14.8 Å². The third kappa shape index (κ3) is 5.22. The Labute approximate surface area is 123 Å². The molecule has 0 aliphatic carbocycles. The first kappa shape index (κ1) is 17.2. The predicted molar refractivity (Wildman–Crippen MR) is 75.6 cm³/mol. The van der Waals surface area contributed by atoms with Gasteiger partial charge in [-0.2, -0.15) is 0 Å². The van der Waals surface area contributed by atoms with E-state index < -0.39 is 27.8 Å². The monoisotopic (exact) mass is 317 g/mol. The van der Waals surface area contributed by atoms with E-state index in [2.05, 4.69) is 5.32 Å². The van der Waals surface area contributed by atoms with Gasteiger partial charge in [-0.3, -0.25) is 4.79 Å². The number of hydrogen-bond acceptors (Lipinski definition) is 5. The molecule has 1 aromatic rings. The molecule has 2 atom stereocenters. The molecule has 0 spiro atoms. The Morgan fingerprint density at radius 3 is 2.48 bits per heavy atom. The van der Waals surface area contributed by atoms with Gasteiger partial charge in [-0.15, -0.1) is 0 Å². The molecule has 8 heteroatoms. The quantitative estimate of drug-likeness (QED) is 0.777. The fourth-order valence-corrected chi connectivity index (χ4v) is 2.40. The molecule has 0 saturated heterocycles. The predicted octanol–water partition coefficient (Wildman–Crippen LogP) is 1.05. The number of carboxylic acids is 1. The zero-order valence-electron chi connectivity index (χ0n) is 12.1. The van der Waals surface area contributed by atoms with E-state index in [1.54, 1.807) is 6.92 Å². The van der Waals surface area contributed by atoms with Gasteiger partial charge in [0.15, 0.2) is 15.6 Å². The topological polar surface area (TPSA) is 114 Å². The normalized spacial score (nSPS) is 14.4. The van der Waals surface area contributed by atoms with Gasteiger partial charge in [-0.1, -0.05) is 20.3 Å². The molecular weight excluding hydrogens is 298 g/mol. The van der Waals surface area contributed by atoms with Crippen molar-refractivity contribution in [3.8, 4) is 0 Å². The highest BCUT2D eigenvalue weighted by molar-refractivity contribution is 7.89. The van der Waals surface area contributed by atoms with E-state index >= 15 is 0 Å². The molecule has 0 unspecified atom stereocenters. The molecule has 21 heavy (non-hydrogen) atoms. The Balaban J connectivity index is 2.82. The Morgan fingerprint density at radius 2 is 2.00 bits per heavy atom. The molecule has 1 rings (SSSR count). The van der Waals surface area contributed by atoms with Crippen LogP contribution in [0.4, 0.5) is 0 Å². The van der Waals surface area contributed by atoms with Crippen LogP contribution in [-0.4, -0.2) is 37.7 Å². The van der Waals surface area contributed by atoms with Gasteiger partial charge in [0.25, 0.3) is 5.91 Å². The molecule has 0 aliphatic rings. The van der Waals surface area contributed by atoms with Crippen molar-refractivity contribution in [2.45, 2.75) is 32.1 Å². The first-order valence-electron chi connectivity index (χ1n) is 6.44. The van der Waals surface area contributed by atoms with Gasteiger partial charge in [-0.05, 0) is 18.1 Å². The van der Waals surface area contributed by atoms with Gasteiger partial charge in [0.05, 0.1) is 0 Å². The smallest absolute Gasteiger partial charge is 0.326 e. The van der Waals surface area contributed by atoms with Crippen molar-refractivity contribution < 1.29 is 27.5 Å². The largest absolute Gasteiger partial charge is 0.480 e. The number of furan rings is 1. The Bertz CT molecular complexity index is 618. The third-order valence-electron chi connectivity index (χ3n) is 3.06. The summed E-state index contributed by atoms with van der Waals surface area (Å²) >= 11 is 0. The van der Waals surface area contributed by atoms with Crippen LogP contribution in [-0.2, 0) is 20.4 Å². The van der Waals surface area contributed by atoms with Crippen molar-refractivity contribution in [3.05, 3.63) is 23.7 Å². The van der Waals surface area contributed by atoms with Crippen LogP contribution in [0.25, 0.3) is 0 Å². The Hall–Kier alpha value is -1.83. The van der Waals surface area contributed by atoms with Gasteiger partial charge in [0.1, 0.15) is 17.6 Å². The van der Waals surface area contributed by atoms with E-state index in [9.17, 15) is 18.0 Å². The second kappa shape index (κ2) is 6.75. The maximum Gasteiger partial charge on any atom is 0.326 e. The molecule has 0 aromatic carbocycles.